The summed E-state index contributed by atoms with van der Waals surface area (Å²) in [6.45, 7) is 7.69. The fourth-order valence-electron chi connectivity index (χ4n) is 3.21. The highest BCUT2D eigenvalue weighted by atomic mass is 32.2. The van der Waals surface area contributed by atoms with Gasteiger partial charge in [-0.2, -0.15) is 0 Å². The standard InChI is InChI=1S/C18H25N3O2S/c1-13-4-6-15(7-5-13)18-21(17(23)14(2)24-18)12-16(22)20-10-8-19(3)9-11-20/h4-7,14,18H,8-12H2,1-3H3/p+1/t14-,18-/m0/s1. The molecule has 0 unspecified atom stereocenters. The molecule has 24 heavy (non-hydrogen) atoms. The van der Waals surface area contributed by atoms with Crippen molar-refractivity contribution in [3.8, 4) is 0 Å². The Morgan fingerprint density at radius 3 is 2.50 bits per heavy atom. The number of hydrogen-bond acceptors (Lipinski definition) is 3. The highest BCUT2D eigenvalue weighted by molar-refractivity contribution is 8.01. The molecule has 2 atom stereocenters. The fraction of sp³-hybridized carbons (Fsp3) is 0.556. The van der Waals surface area contributed by atoms with Gasteiger partial charge in [0.2, 0.25) is 11.8 Å². The van der Waals surface area contributed by atoms with Gasteiger partial charge in [0.05, 0.1) is 38.5 Å². The zero-order chi connectivity index (χ0) is 17.3. The number of nitrogens with zero attached hydrogens (tertiary/aromatic N) is 2. The van der Waals surface area contributed by atoms with Crippen molar-refractivity contribution in [2.75, 3.05) is 39.8 Å². The lowest BCUT2D eigenvalue weighted by Gasteiger charge is -2.32. The van der Waals surface area contributed by atoms with Crippen LogP contribution in [0.4, 0.5) is 0 Å². The molecule has 2 amide bonds. The van der Waals surface area contributed by atoms with E-state index in [2.05, 4.69) is 38.2 Å². The number of quaternary nitrogens is 1. The van der Waals surface area contributed by atoms with E-state index in [1.165, 1.54) is 10.5 Å². The number of carbonyl (C=O) groups is 2. The number of benzene rings is 1. The second-order valence-electron chi connectivity index (χ2n) is 6.85. The monoisotopic (exact) mass is 348 g/mol. The maximum absolute atomic E-state index is 12.7. The summed E-state index contributed by atoms with van der Waals surface area (Å²) >= 11 is 1.63. The van der Waals surface area contributed by atoms with Crippen molar-refractivity contribution in [3.63, 3.8) is 0 Å². The normalized spacial score (nSPS) is 25.4. The number of rotatable bonds is 3. The van der Waals surface area contributed by atoms with E-state index in [1.807, 2.05) is 11.8 Å². The average molecular weight is 348 g/mol. The Morgan fingerprint density at radius 2 is 1.88 bits per heavy atom. The quantitative estimate of drug-likeness (QED) is 0.855. The minimum atomic E-state index is -0.0963. The first-order chi connectivity index (χ1) is 11.5. The van der Waals surface area contributed by atoms with Crippen molar-refractivity contribution in [2.24, 2.45) is 0 Å². The smallest absolute Gasteiger partial charge is 0.242 e. The number of hydrogen-bond donors (Lipinski definition) is 1. The maximum atomic E-state index is 12.7. The number of thioether (sulfide) groups is 1. The average Bonchev–Trinajstić information content (AvgIpc) is 2.84. The van der Waals surface area contributed by atoms with Gasteiger partial charge in [0.1, 0.15) is 11.9 Å². The van der Waals surface area contributed by atoms with Crippen molar-refractivity contribution in [3.05, 3.63) is 35.4 Å². The Morgan fingerprint density at radius 1 is 1.25 bits per heavy atom. The molecule has 0 saturated carbocycles. The number of carbonyl (C=O) groups excluding carboxylic acids is 2. The van der Waals surface area contributed by atoms with Crippen molar-refractivity contribution in [1.29, 1.82) is 0 Å². The van der Waals surface area contributed by atoms with Crippen LogP contribution in [0.3, 0.4) is 0 Å². The van der Waals surface area contributed by atoms with Gasteiger partial charge in [-0.15, -0.1) is 11.8 Å². The van der Waals surface area contributed by atoms with Gasteiger partial charge in [0.25, 0.3) is 0 Å². The largest absolute Gasteiger partial charge is 0.334 e. The Bertz CT molecular complexity index is 611. The van der Waals surface area contributed by atoms with Crippen molar-refractivity contribution < 1.29 is 14.5 Å². The van der Waals surface area contributed by atoms with Crippen LogP contribution in [0.15, 0.2) is 24.3 Å². The molecule has 2 heterocycles. The van der Waals surface area contributed by atoms with Crippen LogP contribution < -0.4 is 4.90 Å². The molecule has 3 rings (SSSR count). The summed E-state index contributed by atoms with van der Waals surface area (Å²) < 4.78 is 0. The first-order valence-electron chi connectivity index (χ1n) is 8.57. The summed E-state index contributed by atoms with van der Waals surface area (Å²) in [7, 11) is 2.15. The molecule has 1 N–H and O–H groups in total. The number of piperazine rings is 1. The molecule has 6 heteroatoms. The third kappa shape index (κ3) is 3.59. The molecule has 1 aromatic carbocycles. The second kappa shape index (κ2) is 7.15. The number of nitrogens with one attached hydrogen (secondary N) is 1. The number of likely N-dealkylation sites (N-methyl/N-ethyl adjacent to an activating group) is 1. The third-order valence-electron chi connectivity index (χ3n) is 4.88. The summed E-state index contributed by atoms with van der Waals surface area (Å²) in [5.74, 6) is 0.140. The van der Waals surface area contributed by atoms with Gasteiger partial charge < -0.3 is 14.7 Å². The molecular weight excluding hydrogens is 322 g/mol. The second-order valence-corrected chi connectivity index (χ2v) is 8.27. The highest BCUT2D eigenvalue weighted by Crippen LogP contribution is 2.42. The molecular formula is C18H26N3O2S+. The molecule has 1 aromatic rings. The van der Waals surface area contributed by atoms with E-state index in [-0.39, 0.29) is 29.0 Å². The summed E-state index contributed by atoms with van der Waals surface area (Å²) in [5, 5.41) is -0.156. The van der Waals surface area contributed by atoms with E-state index in [0.717, 1.165) is 31.7 Å². The molecule has 5 nitrogen and oxygen atoms in total. The Labute approximate surface area is 148 Å². The van der Waals surface area contributed by atoms with Gasteiger partial charge in [-0.1, -0.05) is 29.8 Å². The Balaban J connectivity index is 1.72. The van der Waals surface area contributed by atoms with Crippen molar-refractivity contribution >= 4 is 23.6 Å². The fourth-order valence-corrected chi connectivity index (χ4v) is 4.49. The van der Waals surface area contributed by atoms with Crippen LogP contribution in [0.1, 0.15) is 23.4 Å². The van der Waals surface area contributed by atoms with E-state index >= 15 is 0 Å². The molecule has 0 aliphatic carbocycles. The van der Waals surface area contributed by atoms with Crippen LogP contribution in [-0.2, 0) is 9.59 Å². The molecule has 0 bridgehead atoms. The van der Waals surface area contributed by atoms with Gasteiger partial charge in [-0.25, -0.2) is 0 Å². The van der Waals surface area contributed by atoms with E-state index in [1.54, 1.807) is 16.7 Å². The summed E-state index contributed by atoms with van der Waals surface area (Å²) in [6, 6.07) is 8.25. The predicted molar refractivity (Wildman–Crippen MR) is 95.9 cm³/mol. The lowest BCUT2D eigenvalue weighted by Crippen LogP contribution is -3.12. The molecule has 130 valence electrons. The topological polar surface area (TPSA) is 45.1 Å². The van der Waals surface area contributed by atoms with Gasteiger partial charge in [0, 0.05) is 0 Å². The van der Waals surface area contributed by atoms with Crippen LogP contribution in [0.5, 0.6) is 0 Å². The number of amides is 2. The van der Waals surface area contributed by atoms with Gasteiger partial charge in [-0.05, 0) is 19.4 Å². The molecule has 0 aromatic heterocycles. The molecule has 2 aliphatic heterocycles. The molecule has 2 saturated heterocycles. The SMILES string of the molecule is Cc1ccc([C@@H]2S[C@@H](C)C(=O)N2CC(=O)N2CC[NH+](C)CC2)cc1. The summed E-state index contributed by atoms with van der Waals surface area (Å²) in [6.07, 6.45) is 0. The molecule has 0 spiro atoms. The van der Waals surface area contributed by atoms with Crippen LogP contribution >= 0.6 is 11.8 Å². The first-order valence-corrected chi connectivity index (χ1v) is 9.51. The predicted octanol–water partition coefficient (Wildman–Crippen LogP) is 0.314. The first kappa shape index (κ1) is 17.3. The highest BCUT2D eigenvalue weighted by Gasteiger charge is 2.40. The molecule has 2 fully saturated rings. The zero-order valence-corrected chi connectivity index (χ0v) is 15.4. The van der Waals surface area contributed by atoms with Gasteiger partial charge >= 0.3 is 0 Å². The minimum Gasteiger partial charge on any atom is -0.334 e. The van der Waals surface area contributed by atoms with Crippen molar-refractivity contribution in [1.82, 2.24) is 9.80 Å². The van der Waals surface area contributed by atoms with Gasteiger partial charge in [0.15, 0.2) is 0 Å². The summed E-state index contributed by atoms with van der Waals surface area (Å²) in [4.78, 5) is 30.3. The van der Waals surface area contributed by atoms with Crippen molar-refractivity contribution in [2.45, 2.75) is 24.5 Å². The maximum Gasteiger partial charge on any atom is 0.242 e. The molecule has 2 aliphatic rings. The van der Waals surface area contributed by atoms with Crippen LogP contribution in [-0.4, -0.2) is 66.6 Å². The zero-order valence-electron chi connectivity index (χ0n) is 14.6. The van der Waals surface area contributed by atoms with Crippen LogP contribution in [0.2, 0.25) is 0 Å². The van der Waals surface area contributed by atoms with Crippen LogP contribution in [0, 0.1) is 6.92 Å². The van der Waals surface area contributed by atoms with E-state index in [9.17, 15) is 9.59 Å². The number of aryl methyl sites for hydroxylation is 1. The Kier molecular flexibility index (Phi) is 5.15. The minimum absolute atomic E-state index is 0.0601. The Hall–Kier alpha value is -1.53. The lowest BCUT2D eigenvalue weighted by molar-refractivity contribution is -0.883. The molecule has 0 radical (unpaired) electrons. The van der Waals surface area contributed by atoms with Crippen LogP contribution in [0.25, 0.3) is 0 Å². The van der Waals surface area contributed by atoms with E-state index in [4.69, 9.17) is 0 Å². The third-order valence-corrected chi connectivity index (χ3v) is 6.28. The lowest BCUT2D eigenvalue weighted by atomic mass is 10.1. The van der Waals surface area contributed by atoms with E-state index < -0.39 is 0 Å². The summed E-state index contributed by atoms with van der Waals surface area (Å²) in [5.41, 5.74) is 2.29. The van der Waals surface area contributed by atoms with Gasteiger partial charge in [-0.3, -0.25) is 9.59 Å². The van der Waals surface area contributed by atoms with E-state index in [0.29, 0.717) is 0 Å².